The fourth-order valence-corrected chi connectivity index (χ4v) is 5.02. The second kappa shape index (κ2) is 11.5. The zero-order chi connectivity index (χ0) is 29.2. The van der Waals surface area contributed by atoms with Crippen molar-refractivity contribution in [1.82, 2.24) is 14.9 Å². The number of nitrogens with two attached hydrogens (primary N) is 1. The summed E-state index contributed by atoms with van der Waals surface area (Å²) >= 11 is 0. The number of amides is 2. The van der Waals surface area contributed by atoms with Gasteiger partial charge >= 0.3 is 6.09 Å². The lowest BCUT2D eigenvalue weighted by atomic mass is 9.85. The predicted molar refractivity (Wildman–Crippen MR) is 153 cm³/mol. The molecule has 2 amide bonds. The third-order valence-corrected chi connectivity index (χ3v) is 6.73. The average Bonchev–Trinajstić information content (AvgIpc) is 3.56. The number of pyridine rings is 1. The van der Waals surface area contributed by atoms with Crippen LogP contribution in [0.4, 0.5) is 4.79 Å². The molecule has 0 spiro atoms. The molecule has 2 atom stereocenters. The van der Waals surface area contributed by atoms with Gasteiger partial charge in [0.25, 0.3) is 0 Å². The number of aromatic nitrogens is 1. The van der Waals surface area contributed by atoms with E-state index in [1.165, 1.54) is 0 Å². The van der Waals surface area contributed by atoms with Gasteiger partial charge in [-0.2, -0.15) is 0 Å². The molecule has 0 aliphatic carbocycles. The van der Waals surface area contributed by atoms with Crippen molar-refractivity contribution in [3.8, 4) is 11.6 Å². The first-order chi connectivity index (χ1) is 18.8. The molecule has 40 heavy (non-hydrogen) atoms. The molecular weight excluding hydrogens is 512 g/mol. The molecule has 0 bridgehead atoms. The number of carbonyl (C=O) groups excluding carboxylic acids is 2. The largest absolute Gasteiger partial charge is 0.491 e. The van der Waals surface area contributed by atoms with Gasteiger partial charge in [-0.1, -0.05) is 39.0 Å². The molecule has 2 aliphatic heterocycles. The Labute approximate surface area is 236 Å². The Balaban J connectivity index is 1.57. The predicted octanol–water partition coefficient (Wildman–Crippen LogP) is 4.90. The molecule has 1 saturated heterocycles. The molecule has 2 N–H and O–H groups in total. The molecule has 2 aliphatic rings. The van der Waals surface area contributed by atoms with Crippen molar-refractivity contribution in [2.75, 3.05) is 26.3 Å². The van der Waals surface area contributed by atoms with Crippen molar-refractivity contribution in [2.24, 2.45) is 11.3 Å². The molecule has 10 nitrogen and oxygen atoms in total. The highest BCUT2D eigenvalue weighted by Gasteiger charge is 2.43. The number of fused-ring (bicyclic) bond motifs is 1. The van der Waals surface area contributed by atoms with Gasteiger partial charge in [-0.05, 0) is 45.3 Å². The first-order valence-corrected chi connectivity index (χ1v) is 13.9. The number of carbonyl (C=O) groups is 2. The van der Waals surface area contributed by atoms with Crippen molar-refractivity contribution in [1.29, 1.82) is 0 Å². The van der Waals surface area contributed by atoms with Gasteiger partial charge in [-0.15, -0.1) is 0 Å². The highest BCUT2D eigenvalue weighted by atomic mass is 16.6. The molecule has 2 aromatic rings. The van der Waals surface area contributed by atoms with Gasteiger partial charge < -0.3 is 23.8 Å². The van der Waals surface area contributed by atoms with E-state index in [1.54, 1.807) is 25.7 Å². The highest BCUT2D eigenvalue weighted by molar-refractivity contribution is 5.95. The molecule has 10 heteroatoms. The molecule has 1 aromatic carbocycles. The maximum atomic E-state index is 13.7. The lowest BCUT2D eigenvalue weighted by Crippen LogP contribution is -2.60. The van der Waals surface area contributed by atoms with Gasteiger partial charge in [0.15, 0.2) is 11.4 Å². The number of likely N-dealkylation sites (tertiary alicyclic amines) is 1. The number of nitrogens with zero attached hydrogens (tertiary/aromatic N) is 3. The summed E-state index contributed by atoms with van der Waals surface area (Å²) in [5.41, 5.74) is -0.750. The van der Waals surface area contributed by atoms with E-state index in [0.29, 0.717) is 55.8 Å². The Morgan fingerprint density at radius 3 is 2.48 bits per heavy atom. The van der Waals surface area contributed by atoms with E-state index in [9.17, 15) is 9.59 Å². The number of hydrogen-bond donors (Lipinski definition) is 1. The van der Waals surface area contributed by atoms with Crippen LogP contribution in [0.1, 0.15) is 67.0 Å². The number of ether oxygens (including phenoxy) is 4. The van der Waals surface area contributed by atoms with Crippen molar-refractivity contribution in [3.05, 3.63) is 36.0 Å². The maximum Gasteiger partial charge on any atom is 0.425 e. The van der Waals surface area contributed by atoms with E-state index in [4.69, 9.17) is 29.8 Å². The maximum absolute atomic E-state index is 13.7. The summed E-state index contributed by atoms with van der Waals surface area (Å²) in [5, 5.41) is 2.63. The lowest BCUT2D eigenvalue weighted by Gasteiger charge is -2.38. The minimum atomic E-state index is -0.913. The van der Waals surface area contributed by atoms with Crippen LogP contribution in [0.15, 0.2) is 30.3 Å². The van der Waals surface area contributed by atoms with E-state index in [-0.39, 0.29) is 12.0 Å². The van der Waals surface area contributed by atoms with Crippen LogP contribution in [-0.2, 0) is 14.3 Å². The number of rotatable bonds is 7. The summed E-state index contributed by atoms with van der Waals surface area (Å²) in [4.78, 5) is 33.1. The van der Waals surface area contributed by atoms with Gasteiger partial charge in [-0.25, -0.2) is 20.6 Å². The molecule has 0 unspecified atom stereocenters. The van der Waals surface area contributed by atoms with Gasteiger partial charge in [0, 0.05) is 30.2 Å². The van der Waals surface area contributed by atoms with Crippen molar-refractivity contribution >= 4 is 28.5 Å². The number of hydrazine groups is 1. The third kappa shape index (κ3) is 6.43. The lowest BCUT2D eigenvalue weighted by molar-refractivity contribution is -0.140. The minimum absolute atomic E-state index is 0.248. The zero-order valence-corrected chi connectivity index (χ0v) is 24.7. The van der Waals surface area contributed by atoms with Gasteiger partial charge in [-0.3, -0.25) is 4.79 Å². The van der Waals surface area contributed by atoms with Crippen LogP contribution in [0.3, 0.4) is 0 Å². The van der Waals surface area contributed by atoms with Crippen LogP contribution < -0.4 is 15.3 Å². The summed E-state index contributed by atoms with van der Waals surface area (Å²) in [7, 11) is 0. The topological polar surface area (TPSA) is 116 Å². The molecule has 4 rings (SSSR count). The number of benzene rings is 1. The van der Waals surface area contributed by atoms with Crippen LogP contribution >= 0.6 is 0 Å². The molecule has 0 radical (unpaired) electrons. The summed E-state index contributed by atoms with van der Waals surface area (Å²) in [5.74, 6) is 7.76. The van der Waals surface area contributed by atoms with E-state index >= 15 is 0 Å². The normalized spacial score (nSPS) is 18.2. The molecular formula is C30H42N4O6. The van der Waals surface area contributed by atoms with Crippen molar-refractivity contribution < 1.29 is 28.5 Å². The average molecular weight is 555 g/mol. The van der Waals surface area contributed by atoms with Crippen LogP contribution in [0.5, 0.6) is 11.6 Å². The SMILES string of the molecule is CCOc1c(C2=CCCO2)nc(O[C@@H]2CCN(C(=O)[C@@H](N(N)C(=O)OC(C)(C)C)C(C)(C)C)C2)c2ccccc12. The smallest absolute Gasteiger partial charge is 0.425 e. The zero-order valence-electron chi connectivity index (χ0n) is 24.7. The summed E-state index contributed by atoms with van der Waals surface area (Å²) < 4.78 is 23.8. The Morgan fingerprint density at radius 1 is 1.18 bits per heavy atom. The van der Waals surface area contributed by atoms with Crippen LogP contribution in [0, 0.1) is 5.41 Å². The summed E-state index contributed by atoms with van der Waals surface area (Å²) in [6.07, 6.45) is 2.39. The highest BCUT2D eigenvalue weighted by Crippen LogP contribution is 2.39. The monoisotopic (exact) mass is 554 g/mol. The Morgan fingerprint density at radius 2 is 1.88 bits per heavy atom. The second-order valence-electron chi connectivity index (χ2n) is 12.2. The quantitative estimate of drug-likeness (QED) is 0.292. The van der Waals surface area contributed by atoms with Gasteiger partial charge in [0.1, 0.15) is 23.5 Å². The molecule has 1 fully saturated rings. The number of hydrogen-bond acceptors (Lipinski definition) is 8. The van der Waals surface area contributed by atoms with Crippen molar-refractivity contribution in [3.63, 3.8) is 0 Å². The van der Waals surface area contributed by atoms with E-state index in [1.807, 2.05) is 58.0 Å². The van der Waals surface area contributed by atoms with Gasteiger partial charge in [0.05, 0.1) is 19.8 Å². The Hall–Kier alpha value is -3.53. The van der Waals surface area contributed by atoms with E-state index in [2.05, 4.69) is 0 Å². The first-order valence-electron chi connectivity index (χ1n) is 13.9. The Bertz CT molecular complexity index is 1280. The molecule has 0 saturated carbocycles. The summed E-state index contributed by atoms with van der Waals surface area (Å²) in [6.45, 7) is 14.7. The third-order valence-electron chi connectivity index (χ3n) is 6.73. The first kappa shape index (κ1) is 29.5. The van der Waals surface area contributed by atoms with E-state index < -0.39 is 23.2 Å². The Kier molecular flexibility index (Phi) is 8.49. The fourth-order valence-electron chi connectivity index (χ4n) is 5.02. The van der Waals surface area contributed by atoms with Gasteiger partial charge in [0.2, 0.25) is 11.8 Å². The molecule has 3 heterocycles. The van der Waals surface area contributed by atoms with Crippen LogP contribution in [-0.4, -0.2) is 70.9 Å². The molecule has 218 valence electrons. The standard InChI is InChI=1S/C30H42N4O6/c1-8-37-24-20-12-9-10-13-21(20)26(32-23(24)22-14-11-17-38-22)39-19-15-16-33(18-19)27(35)25(29(2,3)4)34(31)28(36)40-30(5,6)7/h9-10,12-14,19,25H,8,11,15-18,31H2,1-7H3/t19-,25-/m1/s1. The van der Waals surface area contributed by atoms with E-state index in [0.717, 1.165) is 22.2 Å². The summed E-state index contributed by atoms with van der Waals surface area (Å²) in [6, 6.07) is 6.91. The minimum Gasteiger partial charge on any atom is -0.491 e. The fraction of sp³-hybridized carbons (Fsp3) is 0.567. The van der Waals surface area contributed by atoms with Crippen LogP contribution in [0.25, 0.3) is 16.5 Å². The van der Waals surface area contributed by atoms with Crippen LogP contribution in [0.2, 0.25) is 0 Å². The molecule has 1 aromatic heterocycles. The second-order valence-corrected chi connectivity index (χ2v) is 12.2. The van der Waals surface area contributed by atoms with Crippen molar-refractivity contribution in [2.45, 2.75) is 79.1 Å².